The second-order valence-electron chi connectivity index (χ2n) is 5.05. The van der Waals surface area contributed by atoms with Crippen molar-refractivity contribution in [2.24, 2.45) is 0 Å². The fraction of sp³-hybridized carbons (Fsp3) is 0.188. The molecule has 0 spiro atoms. The average Bonchev–Trinajstić information content (AvgIpc) is 2.50. The molecule has 0 heterocycles. The summed E-state index contributed by atoms with van der Waals surface area (Å²) >= 11 is 0. The van der Waals surface area contributed by atoms with E-state index in [1.54, 1.807) is 24.3 Å². The zero-order chi connectivity index (χ0) is 17.0. The average molecular weight is 316 g/mol. The van der Waals surface area contributed by atoms with E-state index in [1.807, 2.05) is 12.1 Å². The lowest BCUT2D eigenvalue weighted by molar-refractivity contribution is -0.140. The number of anilines is 1. The van der Waals surface area contributed by atoms with Gasteiger partial charge in [0.1, 0.15) is 6.04 Å². The molecule has 1 amide bonds. The third kappa shape index (κ3) is 3.76. The van der Waals surface area contributed by atoms with Gasteiger partial charge in [0.25, 0.3) is 5.91 Å². The molecule has 5 N–H and O–H groups in total. The predicted molar refractivity (Wildman–Crippen MR) is 84.1 cm³/mol. The van der Waals surface area contributed by atoms with E-state index in [9.17, 15) is 14.4 Å². The first-order valence-corrected chi connectivity index (χ1v) is 6.93. The number of nitrogens with one attached hydrogen (secondary N) is 1. The molecule has 0 saturated heterocycles. The molecule has 0 aliphatic carbocycles. The van der Waals surface area contributed by atoms with Gasteiger partial charge in [-0.05, 0) is 23.3 Å². The Morgan fingerprint density at radius 2 is 1.78 bits per heavy atom. The minimum absolute atomic E-state index is 0.185. The van der Waals surface area contributed by atoms with Gasteiger partial charge in [0.2, 0.25) is 0 Å². The fourth-order valence-corrected chi connectivity index (χ4v) is 2.30. The Bertz CT molecular complexity index is 772. The number of benzene rings is 2. The maximum atomic E-state index is 12.4. The van der Waals surface area contributed by atoms with Crippen molar-refractivity contribution < 1.29 is 24.6 Å². The minimum atomic E-state index is -1.29. The first-order chi connectivity index (χ1) is 10.9. The largest absolute Gasteiger partial charge is 0.481 e. The summed E-state index contributed by atoms with van der Waals surface area (Å²) in [6, 6.07) is 9.13. The summed E-state index contributed by atoms with van der Waals surface area (Å²) in [6.07, 6.45) is -0.566. The van der Waals surface area contributed by atoms with E-state index in [-0.39, 0.29) is 24.1 Å². The molecular formula is C16H16N2O5. The molecule has 2 rings (SSSR count). The molecule has 7 heteroatoms. The van der Waals surface area contributed by atoms with E-state index in [1.165, 1.54) is 0 Å². The number of carboxylic acids is 2. The highest BCUT2D eigenvalue weighted by atomic mass is 16.4. The molecule has 0 aliphatic heterocycles. The van der Waals surface area contributed by atoms with Crippen molar-refractivity contribution in [1.82, 2.24) is 5.32 Å². The maximum Gasteiger partial charge on any atom is 0.326 e. The predicted octanol–water partition coefficient (Wildman–Crippen LogP) is 1.47. The summed E-state index contributed by atoms with van der Waals surface area (Å²) in [6.45, 7) is 0. The molecule has 0 bridgehead atoms. The van der Waals surface area contributed by atoms with E-state index in [0.29, 0.717) is 5.39 Å². The molecule has 0 aliphatic rings. The van der Waals surface area contributed by atoms with E-state index in [4.69, 9.17) is 15.9 Å². The Kier molecular flexibility index (Phi) is 4.80. The van der Waals surface area contributed by atoms with Gasteiger partial charge in [-0.2, -0.15) is 0 Å². The lowest BCUT2D eigenvalue weighted by Crippen LogP contribution is -2.41. The third-order valence-corrected chi connectivity index (χ3v) is 3.44. The van der Waals surface area contributed by atoms with E-state index in [2.05, 4.69) is 5.32 Å². The smallest absolute Gasteiger partial charge is 0.326 e. The highest BCUT2D eigenvalue weighted by Gasteiger charge is 2.23. The number of hydrogen-bond donors (Lipinski definition) is 4. The van der Waals surface area contributed by atoms with Crippen molar-refractivity contribution >= 4 is 34.3 Å². The summed E-state index contributed by atoms with van der Waals surface area (Å²) in [7, 11) is 0. The van der Waals surface area contributed by atoms with Gasteiger partial charge in [-0.3, -0.25) is 9.59 Å². The Labute approximate surface area is 131 Å². The van der Waals surface area contributed by atoms with Crippen LogP contribution in [0.2, 0.25) is 0 Å². The third-order valence-electron chi connectivity index (χ3n) is 3.44. The number of carbonyl (C=O) groups excluding carboxylic acids is 1. The Balaban J connectivity index is 2.31. The number of amides is 1. The van der Waals surface area contributed by atoms with Gasteiger partial charge in [-0.1, -0.05) is 30.3 Å². The number of carbonyl (C=O) groups is 3. The van der Waals surface area contributed by atoms with Gasteiger partial charge < -0.3 is 21.3 Å². The van der Waals surface area contributed by atoms with Crippen LogP contribution in [-0.4, -0.2) is 34.1 Å². The molecular weight excluding hydrogens is 300 g/mol. The van der Waals surface area contributed by atoms with Gasteiger partial charge in [-0.15, -0.1) is 0 Å². The molecule has 0 radical (unpaired) electrons. The first kappa shape index (κ1) is 16.3. The van der Waals surface area contributed by atoms with Crippen LogP contribution in [0.15, 0.2) is 36.4 Å². The summed E-state index contributed by atoms with van der Waals surface area (Å²) in [5.74, 6) is -3.06. The van der Waals surface area contributed by atoms with Crippen molar-refractivity contribution in [1.29, 1.82) is 0 Å². The lowest BCUT2D eigenvalue weighted by Gasteiger charge is -2.16. The van der Waals surface area contributed by atoms with Crippen LogP contribution >= 0.6 is 0 Å². The minimum Gasteiger partial charge on any atom is -0.481 e. The fourth-order valence-electron chi connectivity index (χ4n) is 2.30. The quantitative estimate of drug-likeness (QED) is 0.597. The van der Waals surface area contributed by atoms with Gasteiger partial charge in [0, 0.05) is 12.1 Å². The van der Waals surface area contributed by atoms with Crippen molar-refractivity contribution in [2.45, 2.75) is 18.9 Å². The van der Waals surface area contributed by atoms with Crippen molar-refractivity contribution in [3.8, 4) is 0 Å². The van der Waals surface area contributed by atoms with Gasteiger partial charge in [-0.25, -0.2) is 4.79 Å². The molecule has 1 atom stereocenters. The SMILES string of the molecule is Nc1ccc2ccccc2c1C(=O)N[C@@H](CCC(=O)O)C(=O)O. The molecule has 0 unspecified atom stereocenters. The van der Waals surface area contributed by atoms with E-state index >= 15 is 0 Å². The molecule has 120 valence electrons. The molecule has 0 fully saturated rings. The number of nitrogens with two attached hydrogens (primary N) is 1. The number of fused-ring (bicyclic) bond motifs is 1. The number of carboxylic acid groups (broad SMARTS) is 2. The van der Waals surface area contributed by atoms with Crippen LogP contribution in [0.4, 0.5) is 5.69 Å². The molecule has 23 heavy (non-hydrogen) atoms. The van der Waals surface area contributed by atoms with Crippen molar-refractivity contribution in [2.75, 3.05) is 5.73 Å². The number of rotatable bonds is 6. The molecule has 0 aromatic heterocycles. The molecule has 0 saturated carbocycles. The van der Waals surface area contributed by atoms with Gasteiger partial charge in [0.15, 0.2) is 0 Å². The Morgan fingerprint density at radius 1 is 1.09 bits per heavy atom. The maximum absolute atomic E-state index is 12.4. The summed E-state index contributed by atoms with van der Waals surface area (Å²) in [5, 5.41) is 21.5. The summed E-state index contributed by atoms with van der Waals surface area (Å²) < 4.78 is 0. The highest BCUT2D eigenvalue weighted by Crippen LogP contribution is 2.24. The van der Waals surface area contributed by atoms with Gasteiger partial charge >= 0.3 is 11.9 Å². The van der Waals surface area contributed by atoms with Crippen LogP contribution in [0.1, 0.15) is 23.2 Å². The Hall–Kier alpha value is -3.09. The second-order valence-corrected chi connectivity index (χ2v) is 5.05. The zero-order valence-electron chi connectivity index (χ0n) is 12.2. The lowest BCUT2D eigenvalue weighted by atomic mass is 10.0. The molecule has 2 aromatic carbocycles. The van der Waals surface area contributed by atoms with Crippen LogP contribution in [-0.2, 0) is 9.59 Å². The van der Waals surface area contributed by atoms with Crippen LogP contribution in [0, 0.1) is 0 Å². The van der Waals surface area contributed by atoms with Crippen LogP contribution < -0.4 is 11.1 Å². The number of nitrogen functional groups attached to an aromatic ring is 1. The topological polar surface area (TPSA) is 130 Å². The number of aliphatic carboxylic acids is 2. The molecule has 2 aromatic rings. The Morgan fingerprint density at radius 3 is 2.43 bits per heavy atom. The van der Waals surface area contributed by atoms with Crippen molar-refractivity contribution in [3.05, 3.63) is 42.0 Å². The molecule has 7 nitrogen and oxygen atoms in total. The van der Waals surface area contributed by atoms with Crippen molar-refractivity contribution in [3.63, 3.8) is 0 Å². The zero-order valence-corrected chi connectivity index (χ0v) is 12.2. The normalized spacial score (nSPS) is 11.8. The second kappa shape index (κ2) is 6.78. The van der Waals surface area contributed by atoms with Gasteiger partial charge in [0.05, 0.1) is 5.56 Å². The van der Waals surface area contributed by atoms with Crippen LogP contribution in [0.25, 0.3) is 10.8 Å². The van der Waals surface area contributed by atoms with E-state index < -0.39 is 23.9 Å². The summed E-state index contributed by atoms with van der Waals surface area (Å²) in [5.41, 5.74) is 6.27. The summed E-state index contributed by atoms with van der Waals surface area (Å²) in [4.78, 5) is 34.2. The van der Waals surface area contributed by atoms with Crippen LogP contribution in [0.3, 0.4) is 0 Å². The monoisotopic (exact) mass is 316 g/mol. The van der Waals surface area contributed by atoms with Crippen LogP contribution in [0.5, 0.6) is 0 Å². The first-order valence-electron chi connectivity index (χ1n) is 6.93. The van der Waals surface area contributed by atoms with E-state index in [0.717, 1.165) is 5.39 Å². The highest BCUT2D eigenvalue weighted by molar-refractivity contribution is 6.12. The standard InChI is InChI=1S/C16H16N2O5/c17-11-6-5-9-3-1-2-4-10(9)14(11)15(21)18-12(16(22)23)7-8-13(19)20/h1-6,12H,7-8,17H2,(H,18,21)(H,19,20)(H,22,23)/t12-/m0/s1. The number of hydrogen-bond acceptors (Lipinski definition) is 4.